The van der Waals surface area contributed by atoms with Gasteiger partial charge in [0.05, 0.1) is 17.2 Å². The zero-order valence-corrected chi connectivity index (χ0v) is 14.1. The Hall–Kier alpha value is -1.89. The van der Waals surface area contributed by atoms with E-state index in [0.717, 1.165) is 16.2 Å². The number of furan rings is 1. The van der Waals surface area contributed by atoms with E-state index >= 15 is 0 Å². The molecule has 0 aliphatic rings. The van der Waals surface area contributed by atoms with Crippen molar-refractivity contribution in [1.29, 1.82) is 0 Å². The minimum absolute atomic E-state index is 0.0650. The minimum atomic E-state index is -3.33. The van der Waals surface area contributed by atoms with E-state index in [2.05, 4.69) is 4.72 Å². The zero-order valence-electron chi connectivity index (χ0n) is 12.4. The summed E-state index contributed by atoms with van der Waals surface area (Å²) < 4.78 is 32.4. The summed E-state index contributed by atoms with van der Waals surface area (Å²) >= 11 is 1.59. The van der Waals surface area contributed by atoms with Crippen LogP contribution >= 0.6 is 11.3 Å². The number of nitrogens with one attached hydrogen (secondary N) is 1. The highest BCUT2D eigenvalue weighted by atomic mass is 32.2. The quantitative estimate of drug-likeness (QED) is 0.709. The highest BCUT2D eigenvalue weighted by Gasteiger charge is 2.12. The van der Waals surface area contributed by atoms with Gasteiger partial charge in [0, 0.05) is 0 Å². The van der Waals surface area contributed by atoms with Crippen molar-refractivity contribution < 1.29 is 12.8 Å². The van der Waals surface area contributed by atoms with E-state index < -0.39 is 10.0 Å². The first-order chi connectivity index (χ1) is 11.1. The van der Waals surface area contributed by atoms with Crippen LogP contribution in [0.5, 0.6) is 0 Å². The maximum absolute atomic E-state index is 12.1. The monoisotopic (exact) mass is 347 g/mol. The largest absolute Gasteiger partial charge is 0.459 e. The number of benzene rings is 1. The minimum Gasteiger partial charge on any atom is -0.459 e. The molecule has 0 spiro atoms. The molecule has 0 aliphatic heterocycles. The molecule has 0 unspecified atom stereocenters. The van der Waals surface area contributed by atoms with E-state index in [4.69, 9.17) is 4.42 Å². The van der Waals surface area contributed by atoms with Gasteiger partial charge in [-0.05, 0) is 35.6 Å². The lowest BCUT2D eigenvalue weighted by molar-refractivity contribution is 0.510. The fourth-order valence-electron chi connectivity index (χ4n) is 2.17. The van der Waals surface area contributed by atoms with Crippen molar-refractivity contribution in [2.24, 2.45) is 0 Å². The third-order valence-electron chi connectivity index (χ3n) is 3.39. The number of thiophene rings is 1. The molecule has 2 aromatic heterocycles. The molecule has 1 aromatic carbocycles. The lowest BCUT2D eigenvalue weighted by Crippen LogP contribution is -2.26. The molecule has 0 fully saturated rings. The van der Waals surface area contributed by atoms with Crippen LogP contribution in [0.2, 0.25) is 0 Å². The molecule has 0 bridgehead atoms. The smallest absolute Gasteiger partial charge is 0.212 e. The maximum Gasteiger partial charge on any atom is 0.212 e. The van der Waals surface area contributed by atoms with Crippen LogP contribution in [-0.4, -0.2) is 14.2 Å². The third-order valence-corrected chi connectivity index (χ3v) is 5.60. The Morgan fingerprint density at radius 2 is 1.83 bits per heavy atom. The summed E-state index contributed by atoms with van der Waals surface area (Å²) in [5, 5.41) is 1.98. The van der Waals surface area contributed by atoms with Gasteiger partial charge in [0.15, 0.2) is 0 Å². The van der Waals surface area contributed by atoms with Crippen LogP contribution < -0.4 is 4.72 Å². The van der Waals surface area contributed by atoms with Crippen LogP contribution in [-0.2, 0) is 23.0 Å². The SMILES string of the molecule is O=S(=O)(CCc1ccccc1)NCc1ccc(-c2cccs2)o1. The number of aryl methyl sites for hydroxylation is 1. The Balaban J connectivity index is 1.55. The van der Waals surface area contributed by atoms with Gasteiger partial charge in [-0.15, -0.1) is 11.3 Å². The first-order valence-corrected chi connectivity index (χ1v) is 9.79. The zero-order chi connectivity index (χ0) is 16.1. The first-order valence-electron chi connectivity index (χ1n) is 7.26. The van der Waals surface area contributed by atoms with Gasteiger partial charge in [0.25, 0.3) is 0 Å². The molecule has 0 saturated carbocycles. The van der Waals surface area contributed by atoms with Gasteiger partial charge >= 0.3 is 0 Å². The van der Waals surface area contributed by atoms with Crippen LogP contribution in [0.15, 0.2) is 64.4 Å². The molecule has 120 valence electrons. The highest BCUT2D eigenvalue weighted by Crippen LogP contribution is 2.26. The van der Waals surface area contributed by atoms with Crippen molar-refractivity contribution in [3.05, 3.63) is 71.3 Å². The third kappa shape index (κ3) is 4.54. The molecule has 3 rings (SSSR count). The van der Waals surface area contributed by atoms with Crippen LogP contribution in [0.1, 0.15) is 11.3 Å². The molecular weight excluding hydrogens is 330 g/mol. The standard InChI is InChI=1S/C17H17NO3S2/c19-23(20,12-10-14-5-2-1-3-6-14)18-13-15-8-9-16(21-15)17-7-4-11-22-17/h1-9,11,18H,10,12-13H2. The molecule has 6 heteroatoms. The summed E-state index contributed by atoms with van der Waals surface area (Å²) in [6.07, 6.45) is 0.495. The molecule has 0 radical (unpaired) electrons. The van der Waals surface area contributed by atoms with Gasteiger partial charge in [0.2, 0.25) is 10.0 Å². The lowest BCUT2D eigenvalue weighted by Gasteiger charge is -2.05. The van der Waals surface area contributed by atoms with Crippen molar-refractivity contribution in [1.82, 2.24) is 4.72 Å². The summed E-state index contributed by atoms with van der Waals surface area (Å²) in [7, 11) is -3.33. The fraction of sp³-hybridized carbons (Fsp3) is 0.176. The Morgan fingerprint density at radius 1 is 1.00 bits per heavy atom. The molecule has 0 amide bonds. The molecule has 1 N–H and O–H groups in total. The van der Waals surface area contributed by atoms with E-state index in [1.807, 2.05) is 53.9 Å². The van der Waals surface area contributed by atoms with E-state index in [9.17, 15) is 8.42 Å². The molecular formula is C17H17NO3S2. The van der Waals surface area contributed by atoms with Crippen LogP contribution in [0.4, 0.5) is 0 Å². The summed E-state index contributed by atoms with van der Waals surface area (Å²) in [5.74, 6) is 1.44. The first kappa shape index (κ1) is 16.0. The Kier molecular flexibility index (Phi) is 4.95. The van der Waals surface area contributed by atoms with E-state index in [0.29, 0.717) is 12.2 Å². The number of sulfonamides is 1. The van der Waals surface area contributed by atoms with Crippen molar-refractivity contribution in [3.8, 4) is 10.6 Å². The van der Waals surface area contributed by atoms with Gasteiger partial charge < -0.3 is 4.42 Å². The number of hydrogen-bond acceptors (Lipinski definition) is 4. The van der Waals surface area contributed by atoms with Gasteiger partial charge in [-0.2, -0.15) is 0 Å². The number of hydrogen-bond donors (Lipinski definition) is 1. The molecule has 0 aliphatic carbocycles. The Morgan fingerprint density at radius 3 is 2.57 bits per heavy atom. The maximum atomic E-state index is 12.1. The van der Waals surface area contributed by atoms with E-state index in [1.165, 1.54) is 0 Å². The highest BCUT2D eigenvalue weighted by molar-refractivity contribution is 7.89. The molecule has 0 atom stereocenters. The van der Waals surface area contributed by atoms with Crippen LogP contribution in [0, 0.1) is 0 Å². The summed E-state index contributed by atoms with van der Waals surface area (Å²) in [6, 6.07) is 17.2. The van der Waals surface area contributed by atoms with Gasteiger partial charge in [-0.3, -0.25) is 0 Å². The second-order valence-corrected chi connectivity index (χ2v) is 7.99. The normalized spacial score (nSPS) is 11.7. The van der Waals surface area contributed by atoms with Crippen LogP contribution in [0.25, 0.3) is 10.6 Å². The molecule has 2 heterocycles. The second kappa shape index (κ2) is 7.12. The van der Waals surface area contributed by atoms with Crippen molar-refractivity contribution in [3.63, 3.8) is 0 Å². The molecule has 0 saturated heterocycles. The van der Waals surface area contributed by atoms with Gasteiger partial charge in [0.1, 0.15) is 11.5 Å². The van der Waals surface area contributed by atoms with Gasteiger partial charge in [-0.25, -0.2) is 13.1 Å². The van der Waals surface area contributed by atoms with Crippen molar-refractivity contribution in [2.75, 3.05) is 5.75 Å². The summed E-state index contributed by atoms with van der Waals surface area (Å²) in [5.41, 5.74) is 1.01. The second-order valence-electron chi connectivity index (χ2n) is 5.12. The Bertz CT molecular complexity index is 837. The van der Waals surface area contributed by atoms with E-state index in [1.54, 1.807) is 17.4 Å². The fourth-order valence-corrected chi connectivity index (χ4v) is 3.87. The predicted molar refractivity (Wildman–Crippen MR) is 92.8 cm³/mol. The van der Waals surface area contributed by atoms with Crippen molar-refractivity contribution >= 4 is 21.4 Å². The molecule has 23 heavy (non-hydrogen) atoms. The predicted octanol–water partition coefficient (Wildman–Crippen LogP) is 3.67. The number of rotatable bonds is 7. The molecule has 3 aromatic rings. The lowest BCUT2D eigenvalue weighted by atomic mass is 10.2. The summed E-state index contributed by atoms with van der Waals surface area (Å²) in [6.45, 7) is 0.169. The Labute approximate surface area is 139 Å². The van der Waals surface area contributed by atoms with Crippen LogP contribution in [0.3, 0.4) is 0 Å². The average Bonchev–Trinajstić information content (AvgIpc) is 3.23. The summed E-state index contributed by atoms with van der Waals surface area (Å²) in [4.78, 5) is 1.03. The topological polar surface area (TPSA) is 59.3 Å². The van der Waals surface area contributed by atoms with Crippen molar-refractivity contribution in [2.45, 2.75) is 13.0 Å². The molecule has 4 nitrogen and oxygen atoms in total. The van der Waals surface area contributed by atoms with Gasteiger partial charge in [-0.1, -0.05) is 36.4 Å². The average molecular weight is 347 g/mol. The van der Waals surface area contributed by atoms with E-state index in [-0.39, 0.29) is 12.3 Å².